The number of esters is 2. The molecule has 1 fully saturated rings. The van der Waals surface area contributed by atoms with E-state index in [1.807, 2.05) is 6.92 Å². The maximum atomic E-state index is 12.5. The van der Waals surface area contributed by atoms with Crippen LogP contribution >= 0.6 is 34.9 Å². The summed E-state index contributed by atoms with van der Waals surface area (Å²) in [7, 11) is 0. The molecule has 2 atom stereocenters. The molecule has 2 aliphatic rings. The molecule has 9 nitrogen and oxygen atoms in total. The number of ether oxygens (including phenoxy) is 2. The van der Waals surface area contributed by atoms with Gasteiger partial charge >= 0.3 is 11.9 Å². The van der Waals surface area contributed by atoms with Gasteiger partial charge in [0.15, 0.2) is 4.34 Å². The first-order chi connectivity index (χ1) is 12.4. The number of nitrogens with zero attached hydrogens (tertiary/aromatic N) is 3. The molecule has 0 spiro atoms. The minimum atomic E-state index is -0.708. The van der Waals surface area contributed by atoms with Gasteiger partial charge in [0, 0.05) is 18.4 Å². The number of hydrogen-bond acceptors (Lipinski definition) is 11. The molecule has 140 valence electrons. The van der Waals surface area contributed by atoms with Crippen LogP contribution in [0.25, 0.3) is 0 Å². The normalized spacial score (nSPS) is 22.0. The summed E-state index contributed by atoms with van der Waals surface area (Å²) >= 11 is 4.40. The summed E-state index contributed by atoms with van der Waals surface area (Å²) in [6.07, 6.45) is 0. The third-order valence-corrected chi connectivity index (χ3v) is 7.03. The van der Waals surface area contributed by atoms with Gasteiger partial charge in [0.1, 0.15) is 22.1 Å². The van der Waals surface area contributed by atoms with E-state index >= 15 is 0 Å². The molecular formula is C14H16N4O5S3. The lowest BCUT2D eigenvalue weighted by Gasteiger charge is -2.48. The van der Waals surface area contributed by atoms with E-state index in [2.05, 4.69) is 14.9 Å². The predicted octanol–water partition coefficient (Wildman–Crippen LogP) is 0.499. The maximum Gasteiger partial charge on any atom is 0.357 e. The molecule has 2 aliphatic heterocycles. The van der Waals surface area contributed by atoms with Crippen LogP contribution < -0.4 is 5.73 Å². The van der Waals surface area contributed by atoms with Crippen molar-refractivity contribution in [2.75, 3.05) is 18.3 Å². The van der Waals surface area contributed by atoms with Crippen LogP contribution in [0.4, 0.5) is 0 Å². The van der Waals surface area contributed by atoms with Gasteiger partial charge in [-0.05, 0) is 12.5 Å². The summed E-state index contributed by atoms with van der Waals surface area (Å²) in [5.74, 6) is -0.582. The highest BCUT2D eigenvalue weighted by Gasteiger charge is 2.52. The quantitative estimate of drug-likeness (QED) is 0.303. The number of carbonyl (C=O) groups excluding carboxylic acids is 3. The molecule has 12 heteroatoms. The van der Waals surface area contributed by atoms with E-state index in [4.69, 9.17) is 10.5 Å². The Labute approximate surface area is 161 Å². The van der Waals surface area contributed by atoms with Crippen molar-refractivity contribution in [2.24, 2.45) is 5.73 Å². The second-order valence-electron chi connectivity index (χ2n) is 5.45. The monoisotopic (exact) mass is 416 g/mol. The second kappa shape index (κ2) is 7.94. The lowest BCUT2D eigenvalue weighted by molar-refractivity contribution is -0.166. The van der Waals surface area contributed by atoms with Gasteiger partial charge < -0.3 is 15.2 Å². The van der Waals surface area contributed by atoms with Crippen molar-refractivity contribution >= 4 is 52.7 Å². The highest BCUT2D eigenvalue weighted by molar-refractivity contribution is 8.01. The summed E-state index contributed by atoms with van der Waals surface area (Å²) in [5.41, 5.74) is 6.74. The predicted molar refractivity (Wildman–Crippen MR) is 96.2 cm³/mol. The highest BCUT2D eigenvalue weighted by atomic mass is 32.2. The fourth-order valence-corrected chi connectivity index (χ4v) is 5.65. The van der Waals surface area contributed by atoms with Gasteiger partial charge in [0.2, 0.25) is 12.7 Å². The van der Waals surface area contributed by atoms with Gasteiger partial charge in [-0.15, -0.1) is 22.0 Å². The summed E-state index contributed by atoms with van der Waals surface area (Å²) in [6, 6.07) is -0.628. The van der Waals surface area contributed by atoms with Crippen molar-refractivity contribution in [3.8, 4) is 0 Å². The molecule has 0 saturated carbocycles. The summed E-state index contributed by atoms with van der Waals surface area (Å²) in [4.78, 5) is 36.8. The van der Waals surface area contributed by atoms with Crippen molar-refractivity contribution in [1.82, 2.24) is 15.1 Å². The zero-order valence-electron chi connectivity index (χ0n) is 14.0. The van der Waals surface area contributed by atoms with Gasteiger partial charge in [0.05, 0.1) is 0 Å². The first kappa shape index (κ1) is 19.1. The smallest absolute Gasteiger partial charge is 0.357 e. The number of carbonyl (C=O) groups is 3. The Hall–Kier alpha value is -1.63. The average molecular weight is 417 g/mol. The number of fused-ring (bicyclic) bond motifs is 1. The minimum Gasteiger partial charge on any atom is -0.428 e. The fraction of sp³-hybridized carbons (Fsp3) is 0.500. The Balaban J connectivity index is 1.77. The first-order valence-corrected chi connectivity index (χ1v) is 10.4. The molecule has 3 rings (SSSR count). The molecule has 0 radical (unpaired) electrons. The number of rotatable bonds is 6. The third kappa shape index (κ3) is 3.87. The zero-order valence-corrected chi connectivity index (χ0v) is 16.4. The Morgan fingerprint density at radius 3 is 2.81 bits per heavy atom. The van der Waals surface area contributed by atoms with E-state index in [1.165, 1.54) is 46.7 Å². The number of nitrogens with two attached hydrogens (primary N) is 1. The van der Waals surface area contributed by atoms with Crippen LogP contribution in [0, 0.1) is 6.92 Å². The van der Waals surface area contributed by atoms with Crippen LogP contribution in [-0.2, 0) is 23.9 Å². The lowest BCUT2D eigenvalue weighted by Crippen LogP contribution is -2.68. The van der Waals surface area contributed by atoms with E-state index in [0.29, 0.717) is 11.5 Å². The van der Waals surface area contributed by atoms with Gasteiger partial charge in [-0.3, -0.25) is 14.5 Å². The summed E-state index contributed by atoms with van der Waals surface area (Å²) in [6.45, 7) is 2.57. The minimum absolute atomic E-state index is 0.182. The molecule has 0 bridgehead atoms. The molecule has 1 saturated heterocycles. The topological polar surface area (TPSA) is 125 Å². The average Bonchev–Trinajstić information content (AvgIpc) is 3.03. The van der Waals surface area contributed by atoms with Crippen LogP contribution in [-0.4, -0.2) is 62.7 Å². The SMILES string of the molecule is CC(=O)OCOC(=O)C1=C(CSc2nnc(C)s2)CS[C@@H]2C(N)C(=O)N12. The standard InChI is InChI=1S/C14H16N4O5S3/c1-6-16-17-14(26-6)25-4-8-3-24-12-9(15)11(20)18(12)10(8)13(21)23-5-22-7(2)19/h9,12H,3-5,15H2,1-2H3/t9?,12-/m1/s1. The van der Waals surface area contributed by atoms with Crippen molar-refractivity contribution < 1.29 is 23.9 Å². The van der Waals surface area contributed by atoms with E-state index < -0.39 is 24.8 Å². The number of β-lactam (4-membered cyclic amide) rings is 1. The third-order valence-electron chi connectivity index (χ3n) is 3.61. The Bertz CT molecular complexity index is 780. The molecule has 0 aromatic carbocycles. The van der Waals surface area contributed by atoms with Crippen LogP contribution in [0.3, 0.4) is 0 Å². The lowest BCUT2D eigenvalue weighted by atomic mass is 10.0. The van der Waals surface area contributed by atoms with Crippen molar-refractivity contribution in [3.63, 3.8) is 0 Å². The molecule has 3 heterocycles. The van der Waals surface area contributed by atoms with Crippen LogP contribution in [0.5, 0.6) is 0 Å². The van der Waals surface area contributed by atoms with Crippen LogP contribution in [0.2, 0.25) is 0 Å². The van der Waals surface area contributed by atoms with Gasteiger partial charge in [-0.2, -0.15) is 0 Å². The number of amides is 1. The Morgan fingerprint density at radius 1 is 1.38 bits per heavy atom. The van der Waals surface area contributed by atoms with Gasteiger partial charge in [-0.1, -0.05) is 23.1 Å². The number of thioether (sulfide) groups is 2. The molecule has 0 aliphatic carbocycles. The molecular weight excluding hydrogens is 400 g/mol. The first-order valence-electron chi connectivity index (χ1n) is 7.54. The fourth-order valence-electron chi connectivity index (χ4n) is 2.40. The molecule has 1 amide bonds. The highest BCUT2D eigenvalue weighted by Crippen LogP contribution is 2.41. The van der Waals surface area contributed by atoms with E-state index in [1.54, 1.807) is 0 Å². The van der Waals surface area contributed by atoms with Crippen molar-refractivity contribution in [3.05, 3.63) is 16.3 Å². The van der Waals surface area contributed by atoms with Crippen molar-refractivity contribution in [1.29, 1.82) is 0 Å². The number of aryl methyl sites for hydroxylation is 1. The number of hydrogen-bond donors (Lipinski definition) is 1. The zero-order chi connectivity index (χ0) is 18.8. The molecule has 1 aromatic rings. The van der Waals surface area contributed by atoms with E-state index in [9.17, 15) is 14.4 Å². The summed E-state index contributed by atoms with van der Waals surface area (Å²) < 4.78 is 10.4. The van der Waals surface area contributed by atoms with Gasteiger partial charge in [-0.25, -0.2) is 4.79 Å². The largest absolute Gasteiger partial charge is 0.428 e. The van der Waals surface area contributed by atoms with E-state index in [0.717, 1.165) is 14.9 Å². The van der Waals surface area contributed by atoms with Gasteiger partial charge in [0.25, 0.3) is 0 Å². The number of aromatic nitrogens is 2. The molecule has 1 unspecified atom stereocenters. The maximum absolute atomic E-state index is 12.5. The second-order valence-corrected chi connectivity index (χ2v) is 8.96. The Morgan fingerprint density at radius 2 is 2.15 bits per heavy atom. The van der Waals surface area contributed by atoms with Crippen LogP contribution in [0.1, 0.15) is 11.9 Å². The van der Waals surface area contributed by atoms with E-state index in [-0.39, 0.29) is 17.0 Å². The Kier molecular flexibility index (Phi) is 5.85. The van der Waals surface area contributed by atoms with Crippen molar-refractivity contribution in [2.45, 2.75) is 29.6 Å². The molecule has 1 aromatic heterocycles. The van der Waals surface area contributed by atoms with Crippen LogP contribution in [0.15, 0.2) is 15.6 Å². The molecule has 2 N–H and O–H groups in total. The molecule has 26 heavy (non-hydrogen) atoms. The summed E-state index contributed by atoms with van der Waals surface area (Å²) in [5, 5.41) is 8.57.